The van der Waals surface area contributed by atoms with Crippen molar-refractivity contribution in [2.24, 2.45) is 0 Å². The maximum absolute atomic E-state index is 12.6. The summed E-state index contributed by atoms with van der Waals surface area (Å²) in [5.74, 6) is 0.886. The zero-order valence-electron chi connectivity index (χ0n) is 16.2. The van der Waals surface area contributed by atoms with Gasteiger partial charge in [0.2, 0.25) is 0 Å². The molecule has 3 rings (SSSR count). The van der Waals surface area contributed by atoms with Gasteiger partial charge in [0.25, 0.3) is 11.4 Å². The summed E-state index contributed by atoms with van der Waals surface area (Å²) in [5, 5.41) is 7.42. The second-order valence-electron chi connectivity index (χ2n) is 6.86. The Hall–Kier alpha value is -2.81. The predicted molar refractivity (Wildman–Crippen MR) is 102 cm³/mol. The number of pyridine rings is 1. The summed E-state index contributed by atoms with van der Waals surface area (Å²) in [6, 6.07) is 1.97. The fourth-order valence-corrected chi connectivity index (χ4v) is 2.87. The molecule has 3 heterocycles. The number of hydrogen-bond donors (Lipinski definition) is 2. The first-order chi connectivity index (χ1) is 12.8. The summed E-state index contributed by atoms with van der Waals surface area (Å²) < 4.78 is 6.88. The number of hydrogen-bond acceptors (Lipinski definition) is 7. The van der Waals surface area contributed by atoms with Gasteiger partial charge in [-0.05, 0) is 32.9 Å². The third kappa shape index (κ3) is 3.55. The van der Waals surface area contributed by atoms with Crippen molar-refractivity contribution in [2.75, 3.05) is 7.05 Å². The number of nitrogens with zero attached hydrogens (tertiary/aromatic N) is 4. The first-order valence-electron chi connectivity index (χ1n) is 9.03. The molecule has 0 radical (unpaired) electrons. The summed E-state index contributed by atoms with van der Waals surface area (Å²) in [4.78, 5) is 36.1. The summed E-state index contributed by atoms with van der Waals surface area (Å²) in [5.41, 5.74) is 0.566. The smallest absolute Gasteiger partial charge is 0.329 e. The molecule has 144 valence electrons. The van der Waals surface area contributed by atoms with E-state index in [9.17, 15) is 9.59 Å². The van der Waals surface area contributed by atoms with Gasteiger partial charge in [-0.3, -0.25) is 14.3 Å². The fourth-order valence-electron chi connectivity index (χ4n) is 2.87. The van der Waals surface area contributed by atoms with Crippen LogP contribution in [0.15, 0.2) is 20.2 Å². The van der Waals surface area contributed by atoms with Gasteiger partial charge >= 0.3 is 5.69 Å². The lowest BCUT2D eigenvalue weighted by Crippen LogP contribution is -2.31. The van der Waals surface area contributed by atoms with E-state index in [1.54, 1.807) is 6.07 Å². The molecule has 0 saturated carbocycles. The monoisotopic (exact) mass is 372 g/mol. The van der Waals surface area contributed by atoms with Crippen molar-refractivity contribution in [3.8, 4) is 11.5 Å². The molecule has 3 aromatic rings. The Morgan fingerprint density at radius 1 is 1.26 bits per heavy atom. The average Bonchev–Trinajstić information content (AvgIpc) is 3.09. The van der Waals surface area contributed by atoms with Crippen LogP contribution in [0.25, 0.3) is 22.5 Å². The molecule has 0 spiro atoms. The Labute approximate surface area is 155 Å². The van der Waals surface area contributed by atoms with Gasteiger partial charge in [0.05, 0.1) is 10.9 Å². The number of likely N-dealkylation sites (N-methyl/N-ethyl adjacent to an activating group) is 1. The minimum absolute atomic E-state index is 0.0968. The van der Waals surface area contributed by atoms with Crippen LogP contribution in [0.5, 0.6) is 0 Å². The van der Waals surface area contributed by atoms with E-state index in [2.05, 4.69) is 25.4 Å². The van der Waals surface area contributed by atoms with Crippen molar-refractivity contribution in [1.82, 2.24) is 30.0 Å². The first-order valence-corrected chi connectivity index (χ1v) is 9.03. The van der Waals surface area contributed by atoms with E-state index >= 15 is 0 Å². The molecule has 0 saturated heterocycles. The maximum atomic E-state index is 12.6. The number of aromatic nitrogens is 5. The Bertz CT molecular complexity index is 1080. The lowest BCUT2D eigenvalue weighted by Gasteiger charge is -2.12. The molecule has 1 atom stereocenters. The van der Waals surface area contributed by atoms with E-state index in [1.807, 2.05) is 34.7 Å². The molecule has 1 unspecified atom stereocenters. The average molecular weight is 372 g/mol. The summed E-state index contributed by atoms with van der Waals surface area (Å²) in [6.07, 6.45) is 0.593. The highest BCUT2D eigenvalue weighted by Crippen LogP contribution is 2.27. The zero-order chi connectivity index (χ0) is 19.7. The van der Waals surface area contributed by atoms with Crippen LogP contribution in [-0.4, -0.2) is 37.8 Å². The van der Waals surface area contributed by atoms with E-state index in [-0.39, 0.29) is 23.2 Å². The lowest BCUT2D eigenvalue weighted by atomic mass is 10.0. The van der Waals surface area contributed by atoms with Crippen molar-refractivity contribution in [1.29, 1.82) is 0 Å². The van der Waals surface area contributed by atoms with Gasteiger partial charge in [-0.2, -0.15) is 4.98 Å². The van der Waals surface area contributed by atoms with Crippen LogP contribution < -0.4 is 16.6 Å². The summed E-state index contributed by atoms with van der Waals surface area (Å²) in [7, 11) is 1.86. The van der Waals surface area contributed by atoms with Crippen LogP contribution in [-0.2, 0) is 13.0 Å². The molecular formula is C18H24N6O3. The number of aryl methyl sites for hydroxylation is 1. The SMILES string of the molecule is CCn1c(=O)[nH]c(=O)c2c(-c3nc(CC(C)NC)no3)cc(C(C)C)nc21. The van der Waals surface area contributed by atoms with E-state index in [0.29, 0.717) is 30.0 Å². The van der Waals surface area contributed by atoms with Crippen LogP contribution in [0.1, 0.15) is 45.1 Å². The standard InChI is InChI=1S/C18H24N6O3/c1-6-24-15-14(16(25)22-18(24)26)11(8-12(20-15)9(2)3)17-21-13(23-27-17)7-10(4)19-5/h8-10,19H,6-7H2,1-5H3,(H,22,25,26). The normalized spacial score (nSPS) is 12.8. The van der Waals surface area contributed by atoms with Crippen LogP contribution in [0.2, 0.25) is 0 Å². The highest BCUT2D eigenvalue weighted by molar-refractivity contribution is 5.89. The number of nitrogens with one attached hydrogen (secondary N) is 2. The largest absolute Gasteiger partial charge is 0.334 e. The Morgan fingerprint density at radius 2 is 2.00 bits per heavy atom. The third-order valence-electron chi connectivity index (χ3n) is 4.56. The van der Waals surface area contributed by atoms with Gasteiger partial charge in [-0.15, -0.1) is 0 Å². The second-order valence-corrected chi connectivity index (χ2v) is 6.86. The highest BCUT2D eigenvalue weighted by Gasteiger charge is 2.21. The molecule has 0 aromatic carbocycles. The Morgan fingerprint density at radius 3 is 2.63 bits per heavy atom. The molecule has 0 fully saturated rings. The molecule has 27 heavy (non-hydrogen) atoms. The molecule has 0 aliphatic rings. The molecule has 0 aliphatic heterocycles. The van der Waals surface area contributed by atoms with Crippen LogP contribution in [0.3, 0.4) is 0 Å². The van der Waals surface area contributed by atoms with Gasteiger partial charge in [-0.1, -0.05) is 19.0 Å². The minimum atomic E-state index is -0.513. The quantitative estimate of drug-likeness (QED) is 0.672. The zero-order valence-corrected chi connectivity index (χ0v) is 16.2. The molecule has 9 heteroatoms. The molecule has 0 amide bonds. The van der Waals surface area contributed by atoms with Crippen molar-refractivity contribution in [3.63, 3.8) is 0 Å². The molecular weight excluding hydrogens is 348 g/mol. The van der Waals surface area contributed by atoms with E-state index < -0.39 is 11.2 Å². The molecule has 9 nitrogen and oxygen atoms in total. The summed E-state index contributed by atoms with van der Waals surface area (Å²) >= 11 is 0. The van der Waals surface area contributed by atoms with Crippen LogP contribution in [0, 0.1) is 0 Å². The number of rotatable bonds is 6. The topological polar surface area (TPSA) is 119 Å². The third-order valence-corrected chi connectivity index (χ3v) is 4.56. The van der Waals surface area contributed by atoms with Crippen LogP contribution >= 0.6 is 0 Å². The van der Waals surface area contributed by atoms with E-state index in [0.717, 1.165) is 5.69 Å². The highest BCUT2D eigenvalue weighted by atomic mass is 16.5. The van der Waals surface area contributed by atoms with Gasteiger partial charge in [0, 0.05) is 24.7 Å². The van der Waals surface area contributed by atoms with E-state index in [1.165, 1.54) is 4.57 Å². The molecule has 3 aromatic heterocycles. The number of H-pyrrole nitrogens is 1. The molecule has 0 bridgehead atoms. The number of aromatic amines is 1. The number of fused-ring (bicyclic) bond motifs is 1. The predicted octanol–water partition coefficient (Wildman–Crippen LogP) is 1.43. The van der Waals surface area contributed by atoms with Crippen LogP contribution in [0.4, 0.5) is 0 Å². The fraction of sp³-hybridized carbons (Fsp3) is 0.500. The van der Waals surface area contributed by atoms with Gasteiger partial charge in [0.15, 0.2) is 11.5 Å². The van der Waals surface area contributed by atoms with Crippen molar-refractivity contribution in [3.05, 3.63) is 38.4 Å². The van der Waals surface area contributed by atoms with E-state index in [4.69, 9.17) is 4.52 Å². The lowest BCUT2D eigenvalue weighted by molar-refractivity contribution is 0.418. The first kappa shape index (κ1) is 19.0. The van der Waals surface area contributed by atoms with Gasteiger partial charge in [-0.25, -0.2) is 9.78 Å². The van der Waals surface area contributed by atoms with Crippen molar-refractivity contribution in [2.45, 2.75) is 52.6 Å². The van der Waals surface area contributed by atoms with Crippen molar-refractivity contribution < 1.29 is 4.52 Å². The molecule has 2 N–H and O–H groups in total. The Balaban J connectivity index is 2.29. The van der Waals surface area contributed by atoms with Gasteiger partial charge < -0.3 is 9.84 Å². The second kappa shape index (κ2) is 7.43. The minimum Gasteiger partial charge on any atom is -0.334 e. The van der Waals surface area contributed by atoms with Gasteiger partial charge in [0.1, 0.15) is 0 Å². The van der Waals surface area contributed by atoms with Crippen molar-refractivity contribution >= 4 is 11.0 Å². The summed E-state index contributed by atoms with van der Waals surface area (Å²) in [6.45, 7) is 8.21. The molecule has 0 aliphatic carbocycles. The maximum Gasteiger partial charge on any atom is 0.329 e. The Kier molecular flexibility index (Phi) is 5.22.